The van der Waals surface area contributed by atoms with Gasteiger partial charge in [0.2, 0.25) is 0 Å². The SMILES string of the molecule is C=CC(=O)C1(N)CCN(C)C1. The van der Waals surface area contributed by atoms with E-state index in [4.69, 9.17) is 5.73 Å². The van der Waals surface area contributed by atoms with Gasteiger partial charge in [-0.1, -0.05) is 6.58 Å². The quantitative estimate of drug-likeness (QED) is 0.559. The first kappa shape index (κ1) is 8.43. The Morgan fingerprint density at radius 1 is 1.82 bits per heavy atom. The molecule has 0 aliphatic carbocycles. The molecular formula is C8H14N2O. The van der Waals surface area contributed by atoms with E-state index < -0.39 is 5.54 Å². The van der Waals surface area contributed by atoms with Crippen molar-refractivity contribution in [1.29, 1.82) is 0 Å². The summed E-state index contributed by atoms with van der Waals surface area (Å²) in [6, 6.07) is 0. The second-order valence-electron chi connectivity index (χ2n) is 3.21. The lowest BCUT2D eigenvalue weighted by atomic mass is 9.94. The molecule has 3 nitrogen and oxygen atoms in total. The van der Waals surface area contributed by atoms with E-state index in [1.165, 1.54) is 6.08 Å². The number of hydrogen-bond acceptors (Lipinski definition) is 3. The lowest BCUT2D eigenvalue weighted by Gasteiger charge is -2.19. The highest BCUT2D eigenvalue weighted by Crippen LogP contribution is 2.18. The van der Waals surface area contributed by atoms with Crippen LogP contribution in [0.2, 0.25) is 0 Å². The summed E-state index contributed by atoms with van der Waals surface area (Å²) in [4.78, 5) is 13.3. The van der Waals surface area contributed by atoms with Gasteiger partial charge in [0.15, 0.2) is 5.78 Å². The van der Waals surface area contributed by atoms with Gasteiger partial charge in [0.25, 0.3) is 0 Å². The van der Waals surface area contributed by atoms with Crippen molar-refractivity contribution in [1.82, 2.24) is 4.90 Å². The summed E-state index contributed by atoms with van der Waals surface area (Å²) in [6.45, 7) is 4.98. The molecule has 1 atom stereocenters. The molecule has 0 aromatic carbocycles. The number of carbonyl (C=O) groups excluding carboxylic acids is 1. The van der Waals surface area contributed by atoms with E-state index in [1.807, 2.05) is 7.05 Å². The van der Waals surface area contributed by atoms with Crippen LogP contribution < -0.4 is 5.73 Å². The number of likely N-dealkylation sites (tertiary alicyclic amines) is 1. The minimum Gasteiger partial charge on any atom is -0.318 e. The number of hydrogen-bond donors (Lipinski definition) is 1. The van der Waals surface area contributed by atoms with Gasteiger partial charge >= 0.3 is 0 Å². The van der Waals surface area contributed by atoms with Crippen LogP contribution in [0, 0.1) is 0 Å². The fourth-order valence-corrected chi connectivity index (χ4v) is 1.43. The van der Waals surface area contributed by atoms with E-state index in [1.54, 1.807) is 0 Å². The molecule has 0 saturated carbocycles. The summed E-state index contributed by atoms with van der Waals surface area (Å²) in [5.41, 5.74) is 5.18. The first-order valence-corrected chi connectivity index (χ1v) is 3.73. The minimum absolute atomic E-state index is 0.0400. The highest BCUT2D eigenvalue weighted by atomic mass is 16.1. The zero-order valence-corrected chi connectivity index (χ0v) is 6.84. The molecular weight excluding hydrogens is 140 g/mol. The first-order chi connectivity index (χ1) is 5.08. The Morgan fingerprint density at radius 2 is 2.45 bits per heavy atom. The summed E-state index contributed by atoms with van der Waals surface area (Å²) in [6.07, 6.45) is 2.06. The van der Waals surface area contributed by atoms with Crippen LogP contribution in [0.3, 0.4) is 0 Å². The van der Waals surface area contributed by atoms with Gasteiger partial charge in [-0.2, -0.15) is 0 Å². The van der Waals surface area contributed by atoms with Gasteiger partial charge in [0, 0.05) is 13.1 Å². The van der Waals surface area contributed by atoms with Crippen LogP contribution in [-0.2, 0) is 4.79 Å². The van der Waals surface area contributed by atoms with Crippen molar-refractivity contribution in [2.75, 3.05) is 20.1 Å². The normalized spacial score (nSPS) is 32.2. The average Bonchev–Trinajstić information content (AvgIpc) is 2.31. The van der Waals surface area contributed by atoms with E-state index in [2.05, 4.69) is 11.5 Å². The molecule has 0 radical (unpaired) electrons. The van der Waals surface area contributed by atoms with Gasteiger partial charge in [-0.25, -0.2) is 0 Å². The molecule has 0 aromatic rings. The van der Waals surface area contributed by atoms with Gasteiger partial charge in [-0.15, -0.1) is 0 Å². The molecule has 11 heavy (non-hydrogen) atoms. The zero-order chi connectivity index (χ0) is 8.48. The Balaban J connectivity index is 2.68. The van der Waals surface area contributed by atoms with Crippen LogP contribution in [0.15, 0.2) is 12.7 Å². The van der Waals surface area contributed by atoms with E-state index in [0.29, 0.717) is 6.54 Å². The van der Waals surface area contributed by atoms with Crippen molar-refractivity contribution in [2.24, 2.45) is 5.73 Å². The summed E-state index contributed by atoms with van der Waals surface area (Å²) in [7, 11) is 1.96. The maximum Gasteiger partial charge on any atom is 0.176 e. The van der Waals surface area contributed by atoms with Crippen LogP contribution in [0.25, 0.3) is 0 Å². The van der Waals surface area contributed by atoms with Crippen LogP contribution in [0.5, 0.6) is 0 Å². The molecule has 1 unspecified atom stereocenters. The van der Waals surface area contributed by atoms with Crippen LogP contribution in [0.4, 0.5) is 0 Å². The van der Waals surface area contributed by atoms with E-state index in [-0.39, 0.29) is 5.78 Å². The molecule has 1 rings (SSSR count). The van der Waals surface area contributed by atoms with Crippen molar-refractivity contribution in [2.45, 2.75) is 12.0 Å². The largest absolute Gasteiger partial charge is 0.318 e. The Bertz CT molecular complexity index is 191. The molecule has 1 aliphatic heterocycles. The van der Waals surface area contributed by atoms with Gasteiger partial charge < -0.3 is 10.6 Å². The monoisotopic (exact) mass is 154 g/mol. The Hall–Kier alpha value is -0.670. The fraction of sp³-hybridized carbons (Fsp3) is 0.625. The molecule has 1 aliphatic rings. The standard InChI is InChI=1S/C8H14N2O/c1-3-7(11)8(9)4-5-10(2)6-8/h3H,1,4-6,9H2,2H3. The highest BCUT2D eigenvalue weighted by Gasteiger charge is 2.37. The predicted octanol–water partition coefficient (Wildman–Crippen LogP) is -0.226. The number of rotatable bonds is 2. The third-order valence-corrected chi connectivity index (χ3v) is 2.17. The highest BCUT2D eigenvalue weighted by molar-refractivity contribution is 5.97. The molecule has 1 heterocycles. The second-order valence-corrected chi connectivity index (χ2v) is 3.21. The Morgan fingerprint density at radius 3 is 2.82 bits per heavy atom. The topological polar surface area (TPSA) is 46.3 Å². The smallest absolute Gasteiger partial charge is 0.176 e. The van der Waals surface area contributed by atoms with Crippen molar-refractivity contribution in [3.8, 4) is 0 Å². The van der Waals surface area contributed by atoms with E-state index in [0.717, 1.165) is 13.0 Å². The van der Waals surface area contributed by atoms with Crippen molar-refractivity contribution in [3.05, 3.63) is 12.7 Å². The summed E-state index contributed by atoms with van der Waals surface area (Å²) >= 11 is 0. The Labute approximate surface area is 66.9 Å². The lowest BCUT2D eigenvalue weighted by Crippen LogP contribution is -2.48. The first-order valence-electron chi connectivity index (χ1n) is 3.73. The molecule has 2 N–H and O–H groups in total. The van der Waals surface area contributed by atoms with E-state index >= 15 is 0 Å². The number of nitrogens with two attached hydrogens (primary N) is 1. The van der Waals surface area contributed by atoms with Crippen molar-refractivity contribution >= 4 is 5.78 Å². The Kier molecular flexibility index (Phi) is 2.11. The summed E-state index contributed by atoms with van der Waals surface area (Å²) in [5, 5.41) is 0. The summed E-state index contributed by atoms with van der Waals surface area (Å²) < 4.78 is 0. The zero-order valence-electron chi connectivity index (χ0n) is 6.84. The third-order valence-electron chi connectivity index (χ3n) is 2.17. The second kappa shape index (κ2) is 2.75. The molecule has 62 valence electrons. The molecule has 1 saturated heterocycles. The number of likely N-dealkylation sites (N-methyl/N-ethyl adjacent to an activating group) is 1. The maximum atomic E-state index is 11.2. The third kappa shape index (κ3) is 1.49. The van der Waals surface area contributed by atoms with Crippen molar-refractivity contribution < 1.29 is 4.79 Å². The molecule has 3 heteroatoms. The van der Waals surface area contributed by atoms with Gasteiger partial charge in [-0.05, 0) is 19.5 Å². The molecule has 0 aromatic heterocycles. The van der Waals surface area contributed by atoms with Crippen LogP contribution in [-0.4, -0.2) is 36.4 Å². The van der Waals surface area contributed by atoms with Crippen molar-refractivity contribution in [3.63, 3.8) is 0 Å². The van der Waals surface area contributed by atoms with Crippen LogP contribution >= 0.6 is 0 Å². The minimum atomic E-state index is -0.656. The summed E-state index contributed by atoms with van der Waals surface area (Å²) in [5.74, 6) is -0.0400. The van der Waals surface area contributed by atoms with Gasteiger partial charge in [-0.3, -0.25) is 4.79 Å². The van der Waals surface area contributed by atoms with Gasteiger partial charge in [0.05, 0.1) is 5.54 Å². The predicted molar refractivity (Wildman–Crippen MR) is 44.2 cm³/mol. The number of carbonyl (C=O) groups is 1. The molecule has 0 bridgehead atoms. The lowest BCUT2D eigenvalue weighted by molar-refractivity contribution is -0.119. The molecule has 1 fully saturated rings. The molecule has 0 amide bonds. The van der Waals surface area contributed by atoms with Gasteiger partial charge in [0.1, 0.15) is 0 Å². The number of nitrogens with zero attached hydrogens (tertiary/aromatic N) is 1. The molecule has 0 spiro atoms. The number of ketones is 1. The average molecular weight is 154 g/mol. The van der Waals surface area contributed by atoms with E-state index in [9.17, 15) is 4.79 Å². The fourth-order valence-electron chi connectivity index (χ4n) is 1.43. The van der Waals surface area contributed by atoms with Crippen LogP contribution in [0.1, 0.15) is 6.42 Å². The maximum absolute atomic E-state index is 11.2.